The third-order valence-electron chi connectivity index (χ3n) is 3.38. The van der Waals surface area contributed by atoms with E-state index in [1.807, 2.05) is 0 Å². The minimum absolute atomic E-state index is 0.0600. The van der Waals surface area contributed by atoms with Gasteiger partial charge in [-0.15, -0.1) is 0 Å². The number of aliphatic carboxylic acids is 1. The molecule has 0 fully saturated rings. The molecule has 0 aliphatic heterocycles. The van der Waals surface area contributed by atoms with E-state index in [1.165, 1.54) is 18.2 Å². The molecule has 1 aromatic heterocycles. The molecule has 9 heteroatoms. The first-order chi connectivity index (χ1) is 11.9. The fraction of sp³-hybridized carbons (Fsp3) is 0.188. The molecule has 1 amide bonds. The SMILES string of the molecule is O=C(Cc1cccc([N+](=O)[O-])c1)N[C@@H](Cc1cccnc1Br)C(=O)O. The van der Waals surface area contributed by atoms with E-state index < -0.39 is 22.8 Å². The van der Waals surface area contributed by atoms with Crippen LogP contribution in [-0.2, 0) is 22.4 Å². The number of pyridine rings is 1. The van der Waals surface area contributed by atoms with Crippen LogP contribution in [0.25, 0.3) is 0 Å². The first-order valence-electron chi connectivity index (χ1n) is 7.21. The predicted octanol–water partition coefficient (Wildman–Crippen LogP) is 2.11. The Labute approximate surface area is 151 Å². The number of carboxylic acid groups (broad SMARTS) is 1. The van der Waals surface area contributed by atoms with Gasteiger partial charge in [0.2, 0.25) is 5.91 Å². The van der Waals surface area contributed by atoms with E-state index in [0.29, 0.717) is 15.7 Å². The van der Waals surface area contributed by atoms with Gasteiger partial charge >= 0.3 is 5.97 Å². The maximum absolute atomic E-state index is 12.1. The standard InChI is InChI=1S/C16H14BrN3O5/c17-15-11(4-2-6-18-15)9-13(16(22)23)19-14(21)8-10-3-1-5-12(7-10)20(24)25/h1-7,13H,8-9H2,(H,19,21)(H,22,23)/t13-/m0/s1. The van der Waals surface area contributed by atoms with E-state index in [1.54, 1.807) is 24.4 Å². The number of nitro benzene ring substituents is 1. The van der Waals surface area contributed by atoms with E-state index in [9.17, 15) is 24.8 Å². The molecule has 0 saturated carbocycles. The molecule has 1 aromatic carbocycles. The number of carboxylic acids is 1. The lowest BCUT2D eigenvalue weighted by molar-refractivity contribution is -0.384. The Morgan fingerprint density at radius 3 is 2.72 bits per heavy atom. The Kier molecular flexibility index (Phi) is 6.18. The monoisotopic (exact) mass is 407 g/mol. The predicted molar refractivity (Wildman–Crippen MR) is 92.0 cm³/mol. The van der Waals surface area contributed by atoms with Gasteiger partial charge in [-0.05, 0) is 33.1 Å². The molecule has 0 unspecified atom stereocenters. The van der Waals surface area contributed by atoms with Gasteiger partial charge in [-0.2, -0.15) is 0 Å². The van der Waals surface area contributed by atoms with E-state index in [-0.39, 0.29) is 18.5 Å². The molecule has 25 heavy (non-hydrogen) atoms. The Morgan fingerprint density at radius 1 is 1.32 bits per heavy atom. The normalized spacial score (nSPS) is 11.6. The highest BCUT2D eigenvalue weighted by molar-refractivity contribution is 9.10. The summed E-state index contributed by atoms with van der Waals surface area (Å²) in [6.45, 7) is 0. The molecule has 8 nitrogen and oxygen atoms in total. The van der Waals surface area contributed by atoms with Gasteiger partial charge in [-0.3, -0.25) is 14.9 Å². The number of nitro groups is 1. The lowest BCUT2D eigenvalue weighted by Gasteiger charge is -2.15. The number of hydrogen-bond donors (Lipinski definition) is 2. The van der Waals surface area contributed by atoms with Crippen molar-refractivity contribution in [2.24, 2.45) is 0 Å². The van der Waals surface area contributed by atoms with Crippen LogP contribution in [0.4, 0.5) is 5.69 Å². The van der Waals surface area contributed by atoms with Crippen LogP contribution in [0.3, 0.4) is 0 Å². The van der Waals surface area contributed by atoms with Gasteiger partial charge in [0.05, 0.1) is 11.3 Å². The number of nitrogens with one attached hydrogen (secondary N) is 1. The fourth-order valence-corrected chi connectivity index (χ4v) is 2.61. The lowest BCUT2D eigenvalue weighted by atomic mass is 10.1. The number of aromatic nitrogens is 1. The molecular weight excluding hydrogens is 394 g/mol. The zero-order valence-corrected chi connectivity index (χ0v) is 14.5. The molecule has 1 atom stereocenters. The van der Waals surface area contributed by atoms with Gasteiger partial charge < -0.3 is 10.4 Å². The summed E-state index contributed by atoms with van der Waals surface area (Å²) in [6.07, 6.45) is 1.47. The number of nitrogens with zero attached hydrogens (tertiary/aromatic N) is 2. The molecule has 0 radical (unpaired) electrons. The maximum atomic E-state index is 12.1. The number of carbonyl (C=O) groups is 2. The lowest BCUT2D eigenvalue weighted by Crippen LogP contribution is -2.43. The van der Waals surface area contributed by atoms with Crippen molar-refractivity contribution < 1.29 is 19.6 Å². The average Bonchev–Trinajstić information content (AvgIpc) is 2.56. The van der Waals surface area contributed by atoms with Crippen molar-refractivity contribution in [1.29, 1.82) is 0 Å². The van der Waals surface area contributed by atoms with Crippen LogP contribution in [0.2, 0.25) is 0 Å². The highest BCUT2D eigenvalue weighted by Gasteiger charge is 2.22. The summed E-state index contributed by atoms with van der Waals surface area (Å²) in [5, 5.41) is 22.5. The van der Waals surface area contributed by atoms with Crippen molar-refractivity contribution in [3.63, 3.8) is 0 Å². The molecule has 2 aromatic rings. The molecule has 2 N–H and O–H groups in total. The van der Waals surface area contributed by atoms with Crippen LogP contribution in [0.15, 0.2) is 47.2 Å². The van der Waals surface area contributed by atoms with Gasteiger partial charge in [0.1, 0.15) is 10.6 Å². The second-order valence-corrected chi connectivity index (χ2v) is 5.97. The minimum Gasteiger partial charge on any atom is -0.480 e. The smallest absolute Gasteiger partial charge is 0.326 e. The largest absolute Gasteiger partial charge is 0.480 e. The molecular formula is C16H14BrN3O5. The van der Waals surface area contributed by atoms with Gasteiger partial charge in [0.15, 0.2) is 0 Å². The molecule has 130 valence electrons. The number of halogens is 1. The van der Waals surface area contributed by atoms with E-state index in [0.717, 1.165) is 0 Å². The first-order valence-corrected chi connectivity index (χ1v) is 8.01. The summed E-state index contributed by atoms with van der Waals surface area (Å²) in [5.74, 6) is -1.71. The van der Waals surface area contributed by atoms with Gasteiger partial charge in [-0.1, -0.05) is 18.2 Å². The van der Waals surface area contributed by atoms with E-state index >= 15 is 0 Å². The van der Waals surface area contributed by atoms with Gasteiger partial charge in [0, 0.05) is 24.8 Å². The number of amides is 1. The van der Waals surface area contributed by atoms with Crippen molar-refractivity contribution in [2.75, 3.05) is 0 Å². The quantitative estimate of drug-likeness (QED) is 0.411. The van der Waals surface area contributed by atoms with Crippen LogP contribution in [-0.4, -0.2) is 32.9 Å². The van der Waals surface area contributed by atoms with Crippen LogP contribution in [0, 0.1) is 10.1 Å². The summed E-state index contributed by atoms with van der Waals surface area (Å²) >= 11 is 3.23. The molecule has 0 aliphatic carbocycles. The van der Waals surface area contributed by atoms with Crippen molar-refractivity contribution in [1.82, 2.24) is 10.3 Å². The molecule has 0 spiro atoms. The average molecular weight is 408 g/mol. The Morgan fingerprint density at radius 2 is 2.08 bits per heavy atom. The maximum Gasteiger partial charge on any atom is 0.326 e. The fourth-order valence-electron chi connectivity index (χ4n) is 2.20. The van der Waals surface area contributed by atoms with Crippen molar-refractivity contribution in [3.05, 3.63) is 68.4 Å². The van der Waals surface area contributed by atoms with E-state index in [2.05, 4.69) is 26.2 Å². The van der Waals surface area contributed by atoms with Crippen LogP contribution >= 0.6 is 15.9 Å². The summed E-state index contributed by atoms with van der Waals surface area (Å²) in [6, 6.07) is 7.90. The highest BCUT2D eigenvalue weighted by atomic mass is 79.9. The minimum atomic E-state index is -1.18. The van der Waals surface area contributed by atoms with Crippen molar-refractivity contribution in [2.45, 2.75) is 18.9 Å². The van der Waals surface area contributed by atoms with Gasteiger partial charge in [-0.25, -0.2) is 9.78 Å². The molecule has 1 heterocycles. The van der Waals surface area contributed by atoms with Crippen LogP contribution in [0.5, 0.6) is 0 Å². The third-order valence-corrected chi connectivity index (χ3v) is 4.09. The second-order valence-electron chi connectivity index (χ2n) is 5.22. The number of rotatable bonds is 7. The summed E-state index contributed by atoms with van der Waals surface area (Å²) in [4.78, 5) is 37.7. The van der Waals surface area contributed by atoms with Crippen molar-refractivity contribution in [3.8, 4) is 0 Å². The Bertz CT molecular complexity index is 812. The molecule has 0 bridgehead atoms. The highest BCUT2D eigenvalue weighted by Crippen LogP contribution is 2.16. The number of non-ortho nitro benzene ring substituents is 1. The van der Waals surface area contributed by atoms with Crippen LogP contribution < -0.4 is 5.32 Å². The summed E-state index contributed by atoms with van der Waals surface area (Å²) < 4.78 is 0.509. The Hall–Kier alpha value is -2.81. The van der Waals surface area contributed by atoms with Crippen molar-refractivity contribution >= 4 is 33.5 Å². The zero-order valence-electron chi connectivity index (χ0n) is 12.9. The summed E-state index contributed by atoms with van der Waals surface area (Å²) in [7, 11) is 0. The zero-order chi connectivity index (χ0) is 18.4. The number of carbonyl (C=O) groups excluding carboxylic acids is 1. The topological polar surface area (TPSA) is 122 Å². The Balaban J connectivity index is 2.05. The second kappa shape index (κ2) is 8.34. The summed E-state index contributed by atoms with van der Waals surface area (Å²) in [5.41, 5.74) is 0.948. The first kappa shape index (κ1) is 18.5. The molecule has 0 aliphatic rings. The third kappa shape index (κ3) is 5.35. The van der Waals surface area contributed by atoms with E-state index in [4.69, 9.17) is 0 Å². The molecule has 0 saturated heterocycles. The number of hydrogen-bond acceptors (Lipinski definition) is 5. The number of benzene rings is 1. The van der Waals surface area contributed by atoms with Gasteiger partial charge in [0.25, 0.3) is 5.69 Å². The molecule has 2 rings (SSSR count). The van der Waals surface area contributed by atoms with Crippen LogP contribution in [0.1, 0.15) is 11.1 Å².